The summed E-state index contributed by atoms with van der Waals surface area (Å²) in [6, 6.07) is 18.1. The lowest BCUT2D eigenvalue weighted by molar-refractivity contribution is -0.931. The molecule has 0 spiro atoms. The highest BCUT2D eigenvalue weighted by Gasteiger charge is 2.34. The first-order valence-electron chi connectivity index (χ1n) is 11.0. The molecular formula is C24H27N6O+. The van der Waals surface area contributed by atoms with E-state index >= 15 is 0 Å². The Morgan fingerprint density at radius 3 is 2.68 bits per heavy atom. The fourth-order valence-electron chi connectivity index (χ4n) is 4.68. The van der Waals surface area contributed by atoms with Crippen LogP contribution >= 0.6 is 0 Å². The summed E-state index contributed by atoms with van der Waals surface area (Å²) in [6.45, 7) is 4.66. The molecule has 5 rings (SSSR count). The molecule has 7 nitrogen and oxygen atoms in total. The van der Waals surface area contributed by atoms with Gasteiger partial charge in [-0.3, -0.25) is 4.79 Å². The van der Waals surface area contributed by atoms with Gasteiger partial charge in [0.25, 0.3) is 5.56 Å². The predicted molar refractivity (Wildman–Crippen MR) is 119 cm³/mol. The van der Waals surface area contributed by atoms with E-state index in [9.17, 15) is 4.79 Å². The lowest BCUT2D eigenvalue weighted by Gasteiger charge is -2.30. The fraction of sp³-hybridized carbons (Fsp3) is 0.333. The molecule has 0 bridgehead atoms. The summed E-state index contributed by atoms with van der Waals surface area (Å²) < 4.78 is 1.85. The van der Waals surface area contributed by atoms with Crippen molar-refractivity contribution in [2.45, 2.75) is 38.8 Å². The van der Waals surface area contributed by atoms with Crippen LogP contribution in [0.25, 0.3) is 10.9 Å². The highest BCUT2D eigenvalue weighted by molar-refractivity contribution is 5.79. The number of nitrogens with one attached hydrogen (secondary N) is 2. The van der Waals surface area contributed by atoms with E-state index < -0.39 is 0 Å². The molecule has 1 aliphatic heterocycles. The SMILES string of the molecule is Cc1ccc2[nH]c(=O)c([C@@H](c3nnnn3Cc3ccccc3)[NH+]3CCCCC3)cc2c1. The third-order valence-corrected chi connectivity index (χ3v) is 6.24. The van der Waals surface area contributed by atoms with Crippen LogP contribution in [-0.4, -0.2) is 38.3 Å². The number of H-pyrrole nitrogens is 1. The number of aromatic amines is 1. The summed E-state index contributed by atoms with van der Waals surface area (Å²) >= 11 is 0. The zero-order chi connectivity index (χ0) is 21.2. The van der Waals surface area contributed by atoms with Gasteiger partial charge in [-0.1, -0.05) is 42.0 Å². The lowest BCUT2D eigenvalue weighted by atomic mass is 10.00. The Morgan fingerprint density at radius 2 is 1.87 bits per heavy atom. The highest BCUT2D eigenvalue weighted by atomic mass is 16.1. The summed E-state index contributed by atoms with van der Waals surface area (Å²) in [5.74, 6) is 0.748. The number of hydrogen-bond acceptors (Lipinski definition) is 4. The number of piperidine rings is 1. The van der Waals surface area contributed by atoms with Crippen LogP contribution in [0.1, 0.15) is 47.8 Å². The van der Waals surface area contributed by atoms with Crippen molar-refractivity contribution in [3.63, 3.8) is 0 Å². The smallest absolute Gasteiger partial charge is 0.258 e. The summed E-state index contributed by atoms with van der Waals surface area (Å²) in [5, 5.41) is 13.8. The Kier molecular flexibility index (Phi) is 5.34. The minimum Gasteiger partial charge on any atom is -0.322 e. The molecule has 0 unspecified atom stereocenters. The molecule has 1 atom stereocenters. The summed E-state index contributed by atoms with van der Waals surface area (Å²) in [6.07, 6.45) is 3.53. The van der Waals surface area contributed by atoms with E-state index in [-0.39, 0.29) is 11.6 Å². The van der Waals surface area contributed by atoms with E-state index in [0.29, 0.717) is 6.54 Å². The van der Waals surface area contributed by atoms with Gasteiger partial charge in [-0.2, -0.15) is 0 Å². The number of nitrogens with zero attached hydrogens (tertiary/aromatic N) is 4. The molecule has 2 aromatic heterocycles. The molecule has 31 heavy (non-hydrogen) atoms. The standard InChI is InChI=1S/C24H26N6O/c1-17-10-11-21-19(14-17)15-20(24(31)25-21)22(29-12-6-3-7-13-29)23-26-27-28-30(23)16-18-8-4-2-5-9-18/h2,4-5,8-11,14-15,22H,3,6-7,12-13,16H2,1H3,(H,25,31)/p+1/t22-/m0/s1. The number of rotatable bonds is 5. The van der Waals surface area contributed by atoms with E-state index in [4.69, 9.17) is 0 Å². The topological polar surface area (TPSA) is 80.9 Å². The van der Waals surface area contributed by atoms with Crippen LogP contribution in [0.5, 0.6) is 0 Å². The van der Waals surface area contributed by atoms with Crippen molar-refractivity contribution in [2.75, 3.05) is 13.1 Å². The number of quaternary nitrogens is 1. The van der Waals surface area contributed by atoms with Crippen molar-refractivity contribution >= 4 is 10.9 Å². The third-order valence-electron chi connectivity index (χ3n) is 6.24. The van der Waals surface area contributed by atoms with E-state index in [2.05, 4.69) is 45.6 Å². The third kappa shape index (κ3) is 4.01. The van der Waals surface area contributed by atoms with Gasteiger partial charge in [0.1, 0.15) is 0 Å². The number of fused-ring (bicyclic) bond motifs is 1. The number of hydrogen-bond donors (Lipinski definition) is 2. The predicted octanol–water partition coefficient (Wildman–Crippen LogP) is 2.03. The molecule has 0 saturated carbocycles. The quantitative estimate of drug-likeness (QED) is 0.523. The van der Waals surface area contributed by atoms with Crippen molar-refractivity contribution in [2.24, 2.45) is 0 Å². The Bertz CT molecular complexity index is 1240. The molecule has 2 N–H and O–H groups in total. The van der Waals surface area contributed by atoms with E-state index in [1.165, 1.54) is 16.9 Å². The molecule has 1 fully saturated rings. The molecule has 0 radical (unpaired) electrons. The van der Waals surface area contributed by atoms with E-state index in [1.807, 2.05) is 41.1 Å². The van der Waals surface area contributed by atoms with Crippen LogP contribution in [0.3, 0.4) is 0 Å². The number of likely N-dealkylation sites (tertiary alicyclic amines) is 1. The second-order valence-corrected chi connectivity index (χ2v) is 8.48. The molecule has 0 aliphatic carbocycles. The van der Waals surface area contributed by atoms with Crippen molar-refractivity contribution in [1.29, 1.82) is 0 Å². The Morgan fingerprint density at radius 1 is 1.06 bits per heavy atom. The number of tetrazole rings is 1. The minimum atomic E-state index is -0.201. The average molecular weight is 416 g/mol. The zero-order valence-corrected chi connectivity index (χ0v) is 17.7. The van der Waals surface area contributed by atoms with Gasteiger partial charge in [0.2, 0.25) is 5.82 Å². The maximum absolute atomic E-state index is 13.2. The van der Waals surface area contributed by atoms with Gasteiger partial charge in [-0.05, 0) is 65.8 Å². The first-order valence-corrected chi connectivity index (χ1v) is 11.0. The molecule has 1 aliphatic rings. The first kappa shape index (κ1) is 19.6. The number of aryl methyl sites for hydroxylation is 1. The molecule has 4 aromatic rings. The Labute approximate surface area is 180 Å². The van der Waals surface area contributed by atoms with Gasteiger partial charge >= 0.3 is 0 Å². The molecule has 7 heteroatoms. The molecule has 158 valence electrons. The summed E-state index contributed by atoms with van der Waals surface area (Å²) in [4.78, 5) is 17.7. The van der Waals surface area contributed by atoms with Crippen LogP contribution in [0.4, 0.5) is 0 Å². The lowest BCUT2D eigenvalue weighted by Crippen LogP contribution is -3.13. The zero-order valence-electron chi connectivity index (χ0n) is 17.7. The van der Waals surface area contributed by atoms with Gasteiger partial charge in [-0.15, -0.1) is 5.10 Å². The monoisotopic (exact) mass is 415 g/mol. The van der Waals surface area contributed by atoms with Crippen molar-refractivity contribution < 1.29 is 4.90 Å². The van der Waals surface area contributed by atoms with Crippen LogP contribution in [0.2, 0.25) is 0 Å². The normalized spacial score (nSPS) is 15.9. The summed E-state index contributed by atoms with van der Waals surface area (Å²) in [5.41, 5.74) is 3.83. The van der Waals surface area contributed by atoms with Crippen molar-refractivity contribution in [1.82, 2.24) is 25.2 Å². The Hall–Kier alpha value is -3.32. The van der Waals surface area contributed by atoms with Gasteiger partial charge in [0.05, 0.1) is 25.2 Å². The Balaban J connectivity index is 1.63. The summed E-state index contributed by atoms with van der Waals surface area (Å²) in [7, 11) is 0. The second kappa shape index (κ2) is 8.43. The molecular weight excluding hydrogens is 388 g/mol. The molecule has 3 heterocycles. The molecule has 2 aromatic carbocycles. The van der Waals surface area contributed by atoms with Crippen molar-refractivity contribution in [3.8, 4) is 0 Å². The maximum Gasteiger partial charge on any atom is 0.258 e. The minimum absolute atomic E-state index is 0.0614. The van der Waals surface area contributed by atoms with Gasteiger partial charge in [-0.25, -0.2) is 4.68 Å². The number of benzene rings is 2. The van der Waals surface area contributed by atoms with Gasteiger partial charge < -0.3 is 9.88 Å². The van der Waals surface area contributed by atoms with Crippen LogP contribution in [0, 0.1) is 6.92 Å². The number of aromatic nitrogens is 5. The van der Waals surface area contributed by atoms with E-state index in [1.54, 1.807) is 0 Å². The maximum atomic E-state index is 13.2. The average Bonchev–Trinajstić information content (AvgIpc) is 3.24. The van der Waals surface area contributed by atoms with Crippen LogP contribution in [-0.2, 0) is 6.54 Å². The number of pyridine rings is 1. The highest BCUT2D eigenvalue weighted by Crippen LogP contribution is 2.20. The first-order chi connectivity index (χ1) is 15.2. The van der Waals surface area contributed by atoms with Gasteiger partial charge in [0.15, 0.2) is 6.04 Å². The molecule has 0 amide bonds. The largest absolute Gasteiger partial charge is 0.322 e. The van der Waals surface area contributed by atoms with Crippen LogP contribution < -0.4 is 10.5 Å². The van der Waals surface area contributed by atoms with Crippen molar-refractivity contribution in [3.05, 3.63) is 87.5 Å². The van der Waals surface area contributed by atoms with Gasteiger partial charge in [0, 0.05) is 5.52 Å². The van der Waals surface area contributed by atoms with E-state index in [0.717, 1.165) is 53.8 Å². The van der Waals surface area contributed by atoms with Crippen LogP contribution in [0.15, 0.2) is 59.4 Å². The second-order valence-electron chi connectivity index (χ2n) is 8.48. The fourth-order valence-corrected chi connectivity index (χ4v) is 4.68. The molecule has 1 saturated heterocycles.